The van der Waals surface area contributed by atoms with Gasteiger partial charge in [0, 0.05) is 0 Å². The highest BCUT2D eigenvalue weighted by atomic mass is 32.3. The summed E-state index contributed by atoms with van der Waals surface area (Å²) in [6, 6.07) is 0. The summed E-state index contributed by atoms with van der Waals surface area (Å²) in [7, 11) is -4.74. The molecule has 0 spiro atoms. The Bertz CT molecular complexity index is 451. The van der Waals surface area contributed by atoms with E-state index in [0.29, 0.717) is 11.8 Å². The van der Waals surface area contributed by atoms with Gasteiger partial charge in [-0.2, -0.15) is 8.42 Å². The average molecular weight is 333 g/mol. The second-order valence-electron chi connectivity index (χ2n) is 3.93. The lowest BCUT2D eigenvalue weighted by molar-refractivity contribution is -0.205. The van der Waals surface area contributed by atoms with Crippen LogP contribution in [-0.2, 0) is 19.4 Å². The number of hydrogen-bond donors (Lipinski definition) is 5. The minimum atomic E-state index is -4.74. The Morgan fingerprint density at radius 2 is 1.90 bits per heavy atom. The molecule has 0 bridgehead atoms. The van der Waals surface area contributed by atoms with Gasteiger partial charge in [-0.05, 0) is 6.92 Å². The Hall–Kier alpha value is -0.470. The van der Waals surface area contributed by atoms with Gasteiger partial charge in [-0.25, -0.2) is 4.28 Å². The van der Waals surface area contributed by atoms with Crippen LogP contribution >= 0.6 is 11.8 Å². The lowest BCUT2D eigenvalue weighted by atomic mass is 10.0. The molecular weight excluding hydrogens is 318 g/mol. The first kappa shape index (κ1) is 17.6. The Labute approximate surface area is 119 Å². The molecule has 0 aromatic rings. The van der Waals surface area contributed by atoms with E-state index in [9.17, 15) is 23.7 Å². The zero-order valence-electron chi connectivity index (χ0n) is 10.2. The van der Waals surface area contributed by atoms with Crippen molar-refractivity contribution in [1.82, 2.24) is 0 Å². The van der Waals surface area contributed by atoms with Gasteiger partial charge in [-0.1, -0.05) is 16.9 Å². The van der Waals surface area contributed by atoms with Gasteiger partial charge in [0.05, 0.1) is 6.61 Å². The Morgan fingerprint density at radius 1 is 1.30 bits per heavy atom. The molecule has 1 rings (SSSR count). The van der Waals surface area contributed by atoms with Crippen molar-refractivity contribution in [1.29, 1.82) is 0 Å². The maximum absolute atomic E-state index is 10.3. The van der Waals surface area contributed by atoms with Gasteiger partial charge in [0.15, 0.2) is 0 Å². The number of aliphatic hydroxyl groups excluding tert-OH is 4. The topological polar surface area (TPSA) is 166 Å². The van der Waals surface area contributed by atoms with Gasteiger partial charge < -0.3 is 25.2 Å². The molecule has 20 heavy (non-hydrogen) atoms. The second-order valence-corrected chi connectivity index (χ2v) is 6.22. The van der Waals surface area contributed by atoms with Crippen molar-refractivity contribution >= 4 is 27.2 Å². The fourth-order valence-electron chi connectivity index (χ4n) is 1.45. The SMILES string of the molecule is C/C(=N\OS(=O)(=O)O)SC1OC(CO)C(O)C(O)C1O. The lowest BCUT2D eigenvalue weighted by Gasteiger charge is -2.39. The predicted molar refractivity (Wildman–Crippen MR) is 67.1 cm³/mol. The van der Waals surface area contributed by atoms with Crippen LogP contribution in [0.25, 0.3) is 0 Å². The van der Waals surface area contributed by atoms with Gasteiger partial charge >= 0.3 is 10.4 Å². The van der Waals surface area contributed by atoms with E-state index in [2.05, 4.69) is 9.44 Å². The molecule has 1 fully saturated rings. The number of rotatable bonds is 4. The third-order valence-electron chi connectivity index (χ3n) is 2.40. The number of hydrogen-bond acceptors (Lipinski definition) is 10. The van der Waals surface area contributed by atoms with Crippen molar-refractivity contribution in [2.75, 3.05) is 6.61 Å². The highest BCUT2D eigenvalue weighted by molar-refractivity contribution is 8.14. The van der Waals surface area contributed by atoms with Crippen molar-refractivity contribution in [3.05, 3.63) is 0 Å². The summed E-state index contributed by atoms with van der Waals surface area (Å²) >= 11 is 0.689. The number of nitrogens with zero attached hydrogens (tertiary/aromatic N) is 1. The smallest absolute Gasteiger partial charge is 0.394 e. The molecule has 0 amide bonds. The Morgan fingerprint density at radius 3 is 2.40 bits per heavy atom. The highest BCUT2D eigenvalue weighted by Gasteiger charge is 2.43. The van der Waals surface area contributed by atoms with Gasteiger partial charge in [-0.15, -0.1) is 0 Å². The average Bonchev–Trinajstić information content (AvgIpc) is 2.36. The zero-order valence-corrected chi connectivity index (χ0v) is 11.9. The molecule has 1 saturated heterocycles. The van der Waals surface area contributed by atoms with Gasteiger partial charge in [0.2, 0.25) is 0 Å². The molecule has 0 aromatic heterocycles. The molecule has 5 unspecified atom stereocenters. The van der Waals surface area contributed by atoms with E-state index in [-0.39, 0.29) is 5.04 Å². The molecule has 12 heteroatoms. The normalized spacial score (nSPS) is 35.9. The van der Waals surface area contributed by atoms with E-state index in [4.69, 9.17) is 14.4 Å². The fourth-order valence-corrected chi connectivity index (χ4v) is 2.62. The fraction of sp³-hybridized carbons (Fsp3) is 0.875. The molecule has 1 heterocycles. The van der Waals surface area contributed by atoms with Crippen molar-refractivity contribution in [3.8, 4) is 0 Å². The summed E-state index contributed by atoms with van der Waals surface area (Å²) in [5.41, 5.74) is -1.11. The van der Waals surface area contributed by atoms with E-state index < -0.39 is 46.9 Å². The zero-order chi connectivity index (χ0) is 15.5. The van der Waals surface area contributed by atoms with Crippen molar-refractivity contribution in [2.24, 2.45) is 5.16 Å². The van der Waals surface area contributed by atoms with Crippen LogP contribution in [0.15, 0.2) is 5.16 Å². The van der Waals surface area contributed by atoms with Crippen LogP contribution in [0.5, 0.6) is 0 Å². The van der Waals surface area contributed by atoms with E-state index in [1.54, 1.807) is 0 Å². The molecule has 5 N–H and O–H groups in total. The molecule has 118 valence electrons. The lowest BCUT2D eigenvalue weighted by Crippen LogP contribution is -2.57. The number of aliphatic hydroxyl groups is 4. The molecule has 0 radical (unpaired) electrons. The maximum Gasteiger partial charge on any atom is 0.466 e. The molecule has 10 nitrogen and oxygen atoms in total. The summed E-state index contributed by atoms with van der Waals surface area (Å²) < 4.78 is 37.9. The van der Waals surface area contributed by atoms with Crippen LogP contribution < -0.4 is 0 Å². The van der Waals surface area contributed by atoms with Gasteiger partial charge in [0.25, 0.3) is 0 Å². The van der Waals surface area contributed by atoms with E-state index in [1.165, 1.54) is 6.92 Å². The first-order valence-corrected chi connectivity index (χ1v) is 7.58. The Kier molecular flexibility index (Phi) is 6.15. The quantitative estimate of drug-likeness (QED) is 0.163. The third-order valence-corrected chi connectivity index (χ3v) is 3.70. The third kappa shape index (κ3) is 4.82. The van der Waals surface area contributed by atoms with Crippen LogP contribution in [0.3, 0.4) is 0 Å². The second kappa shape index (κ2) is 7.00. The molecule has 1 aliphatic rings. The summed E-state index contributed by atoms with van der Waals surface area (Å²) in [6.07, 6.45) is -5.61. The van der Waals surface area contributed by atoms with Crippen LogP contribution in [0.1, 0.15) is 6.92 Å². The van der Waals surface area contributed by atoms with Crippen molar-refractivity contribution < 1.29 is 42.4 Å². The molecule has 0 aromatic carbocycles. The summed E-state index contributed by atoms with van der Waals surface area (Å²) in [4.78, 5) is 0. The number of ether oxygens (including phenoxy) is 1. The maximum atomic E-state index is 10.3. The minimum absolute atomic E-state index is 0.0352. The predicted octanol–water partition coefficient (Wildman–Crippen LogP) is -2.33. The van der Waals surface area contributed by atoms with Crippen LogP contribution in [0.4, 0.5) is 0 Å². The monoisotopic (exact) mass is 333 g/mol. The van der Waals surface area contributed by atoms with E-state index in [1.807, 2.05) is 0 Å². The number of oxime groups is 1. The van der Waals surface area contributed by atoms with Gasteiger partial charge in [0.1, 0.15) is 34.9 Å². The van der Waals surface area contributed by atoms with Crippen molar-refractivity contribution in [2.45, 2.75) is 36.8 Å². The largest absolute Gasteiger partial charge is 0.466 e. The van der Waals surface area contributed by atoms with Crippen LogP contribution in [0.2, 0.25) is 0 Å². The molecular formula is C8H15NO9S2. The minimum Gasteiger partial charge on any atom is -0.394 e. The van der Waals surface area contributed by atoms with E-state index in [0.717, 1.165) is 0 Å². The van der Waals surface area contributed by atoms with Crippen molar-refractivity contribution in [3.63, 3.8) is 0 Å². The number of thioether (sulfide) groups is 1. The molecule has 1 aliphatic heterocycles. The standard InChI is InChI=1S/C8H15NO9S2/c1-3(9-18-20(14,15)16)19-8-7(13)6(12)5(11)4(2-10)17-8/h4-8,10-13H,2H2,1H3,(H,14,15,16)/b9-3+. The molecule has 0 aliphatic carbocycles. The van der Waals surface area contributed by atoms with Crippen LogP contribution in [0, 0.1) is 0 Å². The van der Waals surface area contributed by atoms with Crippen LogP contribution in [-0.4, -0.2) is 74.9 Å². The molecule has 0 saturated carbocycles. The highest BCUT2D eigenvalue weighted by Crippen LogP contribution is 2.29. The van der Waals surface area contributed by atoms with Gasteiger partial charge in [-0.3, -0.25) is 4.55 Å². The summed E-state index contributed by atoms with van der Waals surface area (Å²) in [5.74, 6) is 0. The molecule has 5 atom stereocenters. The summed E-state index contributed by atoms with van der Waals surface area (Å²) in [6.45, 7) is 0.719. The Balaban J connectivity index is 2.71. The summed E-state index contributed by atoms with van der Waals surface area (Å²) in [5, 5.41) is 40.8. The van der Waals surface area contributed by atoms with E-state index >= 15 is 0 Å². The first-order chi connectivity index (χ1) is 9.15. The first-order valence-electron chi connectivity index (χ1n) is 5.33.